The smallest absolute Gasteiger partial charge is 0.166 e. The summed E-state index contributed by atoms with van der Waals surface area (Å²) in [7, 11) is 0. The van der Waals surface area contributed by atoms with Gasteiger partial charge in [0.2, 0.25) is 0 Å². The van der Waals surface area contributed by atoms with Gasteiger partial charge in [0.05, 0.1) is 5.60 Å². The van der Waals surface area contributed by atoms with E-state index in [-0.39, 0.29) is 5.60 Å². The lowest BCUT2D eigenvalue weighted by Crippen LogP contribution is -2.34. The minimum Gasteiger partial charge on any atom is -0.365 e. The SMILES string of the molecule is C=C1CC[C@@]2(O)C[C@H]3[C@@H]1CC[C@@]3(C)O2. The van der Waals surface area contributed by atoms with Gasteiger partial charge in [0.1, 0.15) is 0 Å². The summed E-state index contributed by atoms with van der Waals surface area (Å²) in [4.78, 5) is 0. The van der Waals surface area contributed by atoms with Gasteiger partial charge in [-0.15, -0.1) is 0 Å². The third-order valence-electron chi connectivity index (χ3n) is 4.54. The highest BCUT2D eigenvalue weighted by Crippen LogP contribution is 2.59. The summed E-state index contributed by atoms with van der Waals surface area (Å²) in [6, 6.07) is 0. The van der Waals surface area contributed by atoms with E-state index in [2.05, 4.69) is 13.5 Å². The van der Waals surface area contributed by atoms with Crippen LogP contribution in [0.15, 0.2) is 12.2 Å². The quantitative estimate of drug-likeness (QED) is 0.599. The van der Waals surface area contributed by atoms with E-state index >= 15 is 0 Å². The zero-order chi connectivity index (χ0) is 9.97. The largest absolute Gasteiger partial charge is 0.365 e. The van der Waals surface area contributed by atoms with Gasteiger partial charge in [-0.1, -0.05) is 12.2 Å². The van der Waals surface area contributed by atoms with Crippen LogP contribution < -0.4 is 0 Å². The fourth-order valence-electron chi connectivity index (χ4n) is 3.74. The molecule has 0 radical (unpaired) electrons. The number of ether oxygens (including phenoxy) is 1. The highest BCUT2D eigenvalue weighted by Gasteiger charge is 2.59. The summed E-state index contributed by atoms with van der Waals surface area (Å²) in [5.41, 5.74) is 1.28. The molecule has 2 nitrogen and oxygen atoms in total. The van der Waals surface area contributed by atoms with Crippen LogP contribution in [0.1, 0.15) is 39.0 Å². The van der Waals surface area contributed by atoms with Gasteiger partial charge in [-0.3, -0.25) is 0 Å². The molecule has 3 rings (SSSR count). The fraction of sp³-hybridized carbons (Fsp3) is 0.833. The molecule has 2 saturated carbocycles. The standard InChI is InChI=1S/C12H18O2/c1-8-3-6-12(13)7-10-9(8)4-5-11(10,2)14-12/h9-10,13H,1,3-7H2,2H3/t9-,10+,11-,12+/m1/s1. The first-order valence-electron chi connectivity index (χ1n) is 5.63. The van der Waals surface area contributed by atoms with Crippen LogP contribution >= 0.6 is 0 Å². The predicted molar refractivity (Wildman–Crippen MR) is 53.6 cm³/mol. The van der Waals surface area contributed by atoms with Gasteiger partial charge in [-0.2, -0.15) is 0 Å². The normalized spacial score (nSPS) is 56.3. The molecule has 1 heterocycles. The van der Waals surface area contributed by atoms with Crippen molar-refractivity contribution in [1.82, 2.24) is 0 Å². The fourth-order valence-corrected chi connectivity index (χ4v) is 3.74. The van der Waals surface area contributed by atoms with Crippen LogP contribution in [0.25, 0.3) is 0 Å². The van der Waals surface area contributed by atoms with Gasteiger partial charge in [-0.05, 0) is 38.0 Å². The summed E-state index contributed by atoms with van der Waals surface area (Å²) in [6.45, 7) is 6.33. The number of fused-ring (bicyclic) bond motifs is 1. The third-order valence-corrected chi connectivity index (χ3v) is 4.54. The van der Waals surface area contributed by atoms with Crippen molar-refractivity contribution in [2.24, 2.45) is 11.8 Å². The molecule has 1 saturated heterocycles. The monoisotopic (exact) mass is 194 g/mol. The molecular formula is C12H18O2. The molecule has 0 amide bonds. The summed E-state index contributed by atoms with van der Waals surface area (Å²) >= 11 is 0. The van der Waals surface area contributed by atoms with Gasteiger partial charge in [0.15, 0.2) is 5.79 Å². The minimum atomic E-state index is -0.836. The molecule has 0 aromatic rings. The van der Waals surface area contributed by atoms with Gasteiger partial charge >= 0.3 is 0 Å². The molecule has 2 bridgehead atoms. The Balaban J connectivity index is 2.04. The second-order valence-corrected chi connectivity index (χ2v) is 5.47. The average Bonchev–Trinajstić information content (AvgIpc) is 2.48. The first kappa shape index (κ1) is 8.93. The molecule has 0 aromatic carbocycles. The molecule has 78 valence electrons. The predicted octanol–water partition coefficient (Wildman–Crippen LogP) is 2.23. The Morgan fingerprint density at radius 1 is 1.50 bits per heavy atom. The Hall–Kier alpha value is -0.340. The van der Waals surface area contributed by atoms with Crippen molar-refractivity contribution in [2.75, 3.05) is 0 Å². The van der Waals surface area contributed by atoms with Gasteiger partial charge in [0, 0.05) is 12.8 Å². The number of hydrogen-bond acceptors (Lipinski definition) is 2. The summed E-state index contributed by atoms with van der Waals surface area (Å²) < 4.78 is 5.89. The van der Waals surface area contributed by atoms with Crippen molar-refractivity contribution >= 4 is 0 Å². The highest BCUT2D eigenvalue weighted by atomic mass is 16.6. The van der Waals surface area contributed by atoms with Crippen molar-refractivity contribution in [3.63, 3.8) is 0 Å². The van der Waals surface area contributed by atoms with Crippen LogP contribution in [0.4, 0.5) is 0 Å². The minimum absolute atomic E-state index is 0.0667. The molecule has 4 atom stereocenters. The van der Waals surface area contributed by atoms with E-state index in [1.54, 1.807) is 0 Å². The lowest BCUT2D eigenvalue weighted by atomic mass is 9.83. The molecule has 0 unspecified atom stereocenters. The van der Waals surface area contributed by atoms with E-state index in [1.807, 2.05) is 0 Å². The number of allylic oxidation sites excluding steroid dienone is 1. The van der Waals surface area contributed by atoms with Crippen molar-refractivity contribution in [3.05, 3.63) is 12.2 Å². The Labute approximate surface area is 85.0 Å². The highest BCUT2D eigenvalue weighted by molar-refractivity contribution is 5.17. The molecule has 0 aromatic heterocycles. The molecule has 2 aliphatic carbocycles. The van der Waals surface area contributed by atoms with Crippen LogP contribution in [-0.2, 0) is 4.74 Å². The molecule has 0 spiro atoms. The van der Waals surface area contributed by atoms with Crippen molar-refractivity contribution in [3.8, 4) is 0 Å². The maximum atomic E-state index is 10.2. The zero-order valence-corrected chi connectivity index (χ0v) is 8.75. The maximum absolute atomic E-state index is 10.2. The Morgan fingerprint density at radius 2 is 2.29 bits per heavy atom. The van der Waals surface area contributed by atoms with Gasteiger partial charge < -0.3 is 9.84 Å². The average molecular weight is 194 g/mol. The van der Waals surface area contributed by atoms with E-state index in [0.29, 0.717) is 11.8 Å². The molecule has 1 N–H and O–H groups in total. The number of rotatable bonds is 0. The lowest BCUT2D eigenvalue weighted by Gasteiger charge is -2.30. The molecular weight excluding hydrogens is 176 g/mol. The van der Waals surface area contributed by atoms with E-state index in [1.165, 1.54) is 12.0 Å². The Bertz CT molecular complexity index is 299. The van der Waals surface area contributed by atoms with Gasteiger partial charge in [-0.25, -0.2) is 0 Å². The van der Waals surface area contributed by atoms with E-state index in [4.69, 9.17) is 4.74 Å². The van der Waals surface area contributed by atoms with Crippen LogP contribution in [0.5, 0.6) is 0 Å². The Kier molecular flexibility index (Phi) is 1.54. The second kappa shape index (κ2) is 2.42. The van der Waals surface area contributed by atoms with Crippen molar-refractivity contribution in [2.45, 2.75) is 50.4 Å². The summed E-state index contributed by atoms with van der Waals surface area (Å²) in [5, 5.41) is 10.2. The van der Waals surface area contributed by atoms with Crippen LogP contribution in [-0.4, -0.2) is 16.5 Å². The molecule has 14 heavy (non-hydrogen) atoms. The Morgan fingerprint density at radius 3 is 3.07 bits per heavy atom. The van der Waals surface area contributed by atoms with Gasteiger partial charge in [0.25, 0.3) is 0 Å². The summed E-state index contributed by atoms with van der Waals surface area (Å²) in [6.07, 6.45) is 4.80. The van der Waals surface area contributed by atoms with E-state index in [9.17, 15) is 5.11 Å². The first-order valence-corrected chi connectivity index (χ1v) is 5.63. The summed E-state index contributed by atoms with van der Waals surface area (Å²) in [5.74, 6) is 0.288. The number of hydrogen-bond donors (Lipinski definition) is 1. The molecule has 3 fully saturated rings. The number of aliphatic hydroxyl groups is 1. The first-order chi connectivity index (χ1) is 6.53. The topological polar surface area (TPSA) is 29.5 Å². The van der Waals surface area contributed by atoms with Crippen LogP contribution in [0, 0.1) is 11.8 Å². The lowest BCUT2D eigenvalue weighted by molar-refractivity contribution is -0.223. The second-order valence-electron chi connectivity index (χ2n) is 5.47. The molecule has 1 aliphatic heterocycles. The van der Waals surface area contributed by atoms with Crippen molar-refractivity contribution < 1.29 is 9.84 Å². The van der Waals surface area contributed by atoms with Crippen LogP contribution in [0.2, 0.25) is 0 Å². The molecule has 3 aliphatic rings. The molecule has 2 heteroatoms. The van der Waals surface area contributed by atoms with E-state index < -0.39 is 5.79 Å². The van der Waals surface area contributed by atoms with Crippen molar-refractivity contribution in [1.29, 1.82) is 0 Å². The zero-order valence-electron chi connectivity index (χ0n) is 8.75. The maximum Gasteiger partial charge on any atom is 0.166 e. The van der Waals surface area contributed by atoms with Crippen LogP contribution in [0.3, 0.4) is 0 Å². The third kappa shape index (κ3) is 0.986. The van der Waals surface area contributed by atoms with E-state index in [0.717, 1.165) is 25.7 Å².